The van der Waals surface area contributed by atoms with Crippen LogP contribution in [0.3, 0.4) is 0 Å². The van der Waals surface area contributed by atoms with E-state index < -0.39 is 11.8 Å². The first-order chi connectivity index (χ1) is 12.4. The van der Waals surface area contributed by atoms with Crippen molar-refractivity contribution in [3.63, 3.8) is 0 Å². The SMILES string of the molecule is O=C(O)CN1CC2(CCC1=O)CCN(C(=O)Nc1ccccc1F)CC2. The fraction of sp³-hybridized carbons (Fsp3) is 0.500. The zero-order chi connectivity index (χ0) is 18.7. The lowest BCUT2D eigenvalue weighted by Gasteiger charge is -2.47. The van der Waals surface area contributed by atoms with Gasteiger partial charge in [-0.3, -0.25) is 9.59 Å². The lowest BCUT2D eigenvalue weighted by molar-refractivity contribution is -0.149. The van der Waals surface area contributed by atoms with E-state index in [9.17, 15) is 18.8 Å². The van der Waals surface area contributed by atoms with Crippen molar-refractivity contribution in [3.8, 4) is 0 Å². The topological polar surface area (TPSA) is 90.0 Å². The van der Waals surface area contributed by atoms with Crippen LogP contribution in [0.4, 0.5) is 14.9 Å². The van der Waals surface area contributed by atoms with Crippen LogP contribution in [0.5, 0.6) is 0 Å². The molecule has 3 amide bonds. The maximum atomic E-state index is 13.7. The molecule has 0 radical (unpaired) electrons. The van der Waals surface area contributed by atoms with Crippen LogP contribution in [-0.4, -0.2) is 59.0 Å². The number of hydrogen-bond donors (Lipinski definition) is 2. The van der Waals surface area contributed by atoms with Gasteiger partial charge in [-0.05, 0) is 36.8 Å². The van der Waals surface area contributed by atoms with Crippen LogP contribution in [0.2, 0.25) is 0 Å². The van der Waals surface area contributed by atoms with Gasteiger partial charge in [0.2, 0.25) is 5.91 Å². The molecule has 1 aromatic carbocycles. The molecule has 2 heterocycles. The molecular weight excluding hydrogens is 341 g/mol. The van der Waals surface area contributed by atoms with E-state index in [4.69, 9.17) is 5.11 Å². The second kappa shape index (κ2) is 7.31. The smallest absolute Gasteiger partial charge is 0.323 e. The highest BCUT2D eigenvalue weighted by Gasteiger charge is 2.42. The van der Waals surface area contributed by atoms with E-state index in [1.165, 1.54) is 17.0 Å². The monoisotopic (exact) mass is 363 g/mol. The largest absolute Gasteiger partial charge is 0.480 e. The zero-order valence-electron chi connectivity index (χ0n) is 14.4. The zero-order valence-corrected chi connectivity index (χ0v) is 14.4. The summed E-state index contributed by atoms with van der Waals surface area (Å²) >= 11 is 0. The van der Waals surface area contributed by atoms with Crippen LogP contribution < -0.4 is 5.32 Å². The summed E-state index contributed by atoms with van der Waals surface area (Å²) in [6.07, 6.45) is 2.45. The van der Waals surface area contributed by atoms with Crippen molar-refractivity contribution in [1.82, 2.24) is 9.80 Å². The molecule has 2 N–H and O–H groups in total. The third-order valence-corrected chi connectivity index (χ3v) is 5.30. The number of nitrogens with one attached hydrogen (secondary N) is 1. The molecule has 0 bridgehead atoms. The summed E-state index contributed by atoms with van der Waals surface area (Å²) in [6.45, 7) is 1.13. The van der Waals surface area contributed by atoms with E-state index >= 15 is 0 Å². The Kier molecular flexibility index (Phi) is 5.11. The molecule has 0 aliphatic carbocycles. The van der Waals surface area contributed by atoms with Crippen LogP contribution in [0.25, 0.3) is 0 Å². The fourth-order valence-corrected chi connectivity index (χ4v) is 3.76. The third-order valence-electron chi connectivity index (χ3n) is 5.30. The van der Waals surface area contributed by atoms with E-state index in [0.29, 0.717) is 45.3 Å². The number of carboxylic acids is 1. The lowest BCUT2D eigenvalue weighted by atomic mass is 9.72. The minimum absolute atomic E-state index is 0.127. The number of para-hydroxylation sites is 1. The van der Waals surface area contributed by atoms with E-state index in [-0.39, 0.29) is 29.6 Å². The van der Waals surface area contributed by atoms with Gasteiger partial charge in [-0.25, -0.2) is 9.18 Å². The molecule has 0 atom stereocenters. The molecule has 2 saturated heterocycles. The van der Waals surface area contributed by atoms with Crippen molar-refractivity contribution < 1.29 is 23.9 Å². The molecule has 1 spiro atoms. The maximum Gasteiger partial charge on any atom is 0.323 e. The van der Waals surface area contributed by atoms with Gasteiger partial charge in [-0.1, -0.05) is 12.1 Å². The van der Waals surface area contributed by atoms with Gasteiger partial charge in [0.05, 0.1) is 5.69 Å². The highest BCUT2D eigenvalue weighted by Crippen LogP contribution is 2.40. The number of halogens is 1. The van der Waals surface area contributed by atoms with Gasteiger partial charge in [-0.2, -0.15) is 0 Å². The number of hydrogen-bond acceptors (Lipinski definition) is 3. The number of rotatable bonds is 3. The molecule has 26 heavy (non-hydrogen) atoms. The van der Waals surface area contributed by atoms with Crippen molar-refractivity contribution >= 4 is 23.6 Å². The molecule has 2 aliphatic heterocycles. The second-order valence-corrected chi connectivity index (χ2v) is 7.04. The first kappa shape index (κ1) is 18.2. The standard InChI is InChI=1S/C18H22FN3O4/c19-13-3-1-2-4-14(13)20-17(26)21-9-7-18(8-10-21)6-5-15(23)22(12-18)11-16(24)25/h1-4H,5-12H2,(H,20,26)(H,24,25). The molecule has 3 rings (SSSR count). The summed E-state index contributed by atoms with van der Waals surface area (Å²) in [5.41, 5.74) is 0.00619. The number of piperidine rings is 2. The number of aliphatic carboxylic acids is 1. The predicted octanol–water partition coefficient (Wildman–Crippen LogP) is 2.15. The minimum atomic E-state index is -1.02. The van der Waals surface area contributed by atoms with Crippen LogP contribution in [-0.2, 0) is 9.59 Å². The Morgan fingerprint density at radius 3 is 2.54 bits per heavy atom. The molecule has 0 saturated carbocycles. The molecular formula is C18H22FN3O4. The van der Waals surface area contributed by atoms with Gasteiger partial charge >= 0.3 is 12.0 Å². The molecule has 7 nitrogen and oxygen atoms in total. The number of amides is 3. The van der Waals surface area contributed by atoms with Crippen molar-refractivity contribution in [2.24, 2.45) is 5.41 Å². The predicted molar refractivity (Wildman–Crippen MR) is 92.1 cm³/mol. The molecule has 2 aliphatic rings. The molecule has 2 fully saturated rings. The number of benzene rings is 1. The summed E-state index contributed by atoms with van der Waals surface area (Å²) in [5, 5.41) is 11.5. The molecule has 0 aromatic heterocycles. The normalized spacial score (nSPS) is 19.5. The Balaban J connectivity index is 1.58. The summed E-state index contributed by atoms with van der Waals surface area (Å²) in [5.74, 6) is -1.63. The number of urea groups is 1. The van der Waals surface area contributed by atoms with Gasteiger partial charge in [0, 0.05) is 26.1 Å². The van der Waals surface area contributed by atoms with Crippen LogP contribution in [0, 0.1) is 11.2 Å². The minimum Gasteiger partial charge on any atom is -0.480 e. The Hall–Kier alpha value is -2.64. The average molecular weight is 363 g/mol. The van der Waals surface area contributed by atoms with Crippen LogP contribution in [0.15, 0.2) is 24.3 Å². The van der Waals surface area contributed by atoms with Crippen molar-refractivity contribution in [3.05, 3.63) is 30.1 Å². The maximum absolute atomic E-state index is 13.7. The number of carbonyl (C=O) groups is 3. The van der Waals surface area contributed by atoms with Crippen LogP contribution >= 0.6 is 0 Å². The quantitative estimate of drug-likeness (QED) is 0.861. The van der Waals surface area contributed by atoms with Crippen molar-refractivity contribution in [1.29, 1.82) is 0 Å². The summed E-state index contributed by atoms with van der Waals surface area (Å²) in [4.78, 5) is 38.3. The number of carbonyl (C=O) groups excluding carboxylic acids is 2. The summed E-state index contributed by atoms with van der Waals surface area (Å²) < 4.78 is 13.7. The second-order valence-electron chi connectivity index (χ2n) is 7.04. The summed E-state index contributed by atoms with van der Waals surface area (Å²) in [7, 11) is 0. The van der Waals surface area contributed by atoms with E-state index in [1.54, 1.807) is 17.0 Å². The van der Waals surface area contributed by atoms with Gasteiger partial charge < -0.3 is 20.2 Å². The number of likely N-dealkylation sites (tertiary alicyclic amines) is 2. The van der Waals surface area contributed by atoms with Gasteiger partial charge in [0.25, 0.3) is 0 Å². The van der Waals surface area contributed by atoms with Gasteiger partial charge in [0.15, 0.2) is 0 Å². The first-order valence-corrected chi connectivity index (χ1v) is 8.69. The Bertz CT molecular complexity index is 716. The fourth-order valence-electron chi connectivity index (χ4n) is 3.76. The average Bonchev–Trinajstić information content (AvgIpc) is 2.60. The van der Waals surface area contributed by atoms with E-state index in [1.807, 2.05) is 0 Å². The highest BCUT2D eigenvalue weighted by molar-refractivity contribution is 5.89. The molecule has 8 heteroatoms. The Morgan fingerprint density at radius 2 is 1.88 bits per heavy atom. The molecule has 0 unspecified atom stereocenters. The Labute approximate surface area is 150 Å². The molecule has 140 valence electrons. The number of anilines is 1. The number of nitrogens with zero attached hydrogens (tertiary/aromatic N) is 2. The van der Waals surface area contributed by atoms with E-state index in [2.05, 4.69) is 5.32 Å². The molecule has 1 aromatic rings. The van der Waals surface area contributed by atoms with Crippen molar-refractivity contribution in [2.75, 3.05) is 31.5 Å². The van der Waals surface area contributed by atoms with Gasteiger partial charge in [-0.15, -0.1) is 0 Å². The first-order valence-electron chi connectivity index (χ1n) is 8.69. The Morgan fingerprint density at radius 1 is 1.19 bits per heavy atom. The van der Waals surface area contributed by atoms with Crippen LogP contribution in [0.1, 0.15) is 25.7 Å². The third kappa shape index (κ3) is 3.95. The van der Waals surface area contributed by atoms with Crippen molar-refractivity contribution in [2.45, 2.75) is 25.7 Å². The van der Waals surface area contributed by atoms with Gasteiger partial charge in [0.1, 0.15) is 12.4 Å². The lowest BCUT2D eigenvalue weighted by Crippen LogP contribution is -2.53. The van der Waals surface area contributed by atoms with E-state index in [0.717, 1.165) is 0 Å². The highest BCUT2D eigenvalue weighted by atomic mass is 19.1. The summed E-state index contributed by atoms with van der Waals surface area (Å²) in [6, 6.07) is 5.66. The number of carboxylic acid groups (broad SMARTS) is 1.